The summed E-state index contributed by atoms with van der Waals surface area (Å²) in [5.74, 6) is 0.753. The standard InChI is InChI=1S/C10H17N/c1-8-5-9(2)7-11(4)10(3)6-8/h7-8H,3,5-6H2,1-2,4H3. The highest BCUT2D eigenvalue weighted by Crippen LogP contribution is 2.24. The van der Waals surface area contributed by atoms with E-state index in [1.807, 2.05) is 0 Å². The van der Waals surface area contributed by atoms with Gasteiger partial charge < -0.3 is 4.90 Å². The Hall–Kier alpha value is -0.720. The van der Waals surface area contributed by atoms with Gasteiger partial charge in [0.15, 0.2) is 0 Å². The first kappa shape index (κ1) is 8.38. The third-order valence-corrected chi connectivity index (χ3v) is 2.17. The molecule has 1 aliphatic heterocycles. The Morgan fingerprint density at radius 2 is 2.18 bits per heavy atom. The molecule has 0 saturated heterocycles. The van der Waals surface area contributed by atoms with Gasteiger partial charge in [0, 0.05) is 18.9 Å². The summed E-state index contributed by atoms with van der Waals surface area (Å²) in [5.41, 5.74) is 2.69. The fourth-order valence-corrected chi connectivity index (χ4v) is 1.64. The van der Waals surface area contributed by atoms with Gasteiger partial charge in [-0.2, -0.15) is 0 Å². The molecule has 0 aromatic heterocycles. The topological polar surface area (TPSA) is 3.24 Å². The zero-order valence-corrected chi connectivity index (χ0v) is 7.72. The van der Waals surface area contributed by atoms with Crippen molar-refractivity contribution in [1.29, 1.82) is 0 Å². The number of allylic oxidation sites excluding steroid dienone is 2. The van der Waals surface area contributed by atoms with Crippen LogP contribution in [0, 0.1) is 5.92 Å². The summed E-state index contributed by atoms with van der Waals surface area (Å²) >= 11 is 0. The van der Waals surface area contributed by atoms with Gasteiger partial charge in [0.25, 0.3) is 0 Å². The second-order valence-corrected chi connectivity index (χ2v) is 3.67. The minimum atomic E-state index is 0.753. The zero-order chi connectivity index (χ0) is 8.43. The van der Waals surface area contributed by atoms with Crippen LogP contribution in [0.25, 0.3) is 0 Å². The van der Waals surface area contributed by atoms with Crippen molar-refractivity contribution in [3.05, 3.63) is 24.0 Å². The van der Waals surface area contributed by atoms with Gasteiger partial charge in [0.05, 0.1) is 0 Å². The van der Waals surface area contributed by atoms with E-state index in [2.05, 4.69) is 38.6 Å². The highest BCUT2D eigenvalue weighted by molar-refractivity contribution is 5.10. The smallest absolute Gasteiger partial charge is 0.0109 e. The molecule has 0 saturated carbocycles. The molecule has 1 heteroatoms. The Bertz CT molecular complexity index is 191. The monoisotopic (exact) mass is 151 g/mol. The van der Waals surface area contributed by atoms with Gasteiger partial charge in [-0.25, -0.2) is 0 Å². The number of hydrogen-bond acceptors (Lipinski definition) is 1. The SMILES string of the molecule is C=C1CC(C)CC(C)=CN1C. The maximum absolute atomic E-state index is 4.02. The molecule has 0 fully saturated rings. The summed E-state index contributed by atoms with van der Waals surface area (Å²) in [7, 11) is 2.07. The molecule has 0 bridgehead atoms. The van der Waals surface area contributed by atoms with Crippen LogP contribution in [0.1, 0.15) is 26.7 Å². The van der Waals surface area contributed by atoms with E-state index < -0.39 is 0 Å². The lowest BCUT2D eigenvalue weighted by Gasteiger charge is -2.15. The van der Waals surface area contributed by atoms with Crippen LogP contribution in [-0.4, -0.2) is 11.9 Å². The Morgan fingerprint density at radius 3 is 2.82 bits per heavy atom. The van der Waals surface area contributed by atoms with Gasteiger partial charge in [0.2, 0.25) is 0 Å². The van der Waals surface area contributed by atoms with Crippen LogP contribution in [0.5, 0.6) is 0 Å². The normalized spacial score (nSPS) is 26.5. The number of rotatable bonds is 0. The molecule has 0 spiro atoms. The fourth-order valence-electron chi connectivity index (χ4n) is 1.64. The average molecular weight is 151 g/mol. The Kier molecular flexibility index (Phi) is 2.38. The van der Waals surface area contributed by atoms with Gasteiger partial charge in [-0.3, -0.25) is 0 Å². The summed E-state index contributed by atoms with van der Waals surface area (Å²) in [6, 6.07) is 0. The van der Waals surface area contributed by atoms with Crippen LogP contribution in [0.15, 0.2) is 24.0 Å². The molecule has 1 atom stereocenters. The van der Waals surface area contributed by atoms with Crippen LogP contribution in [0.2, 0.25) is 0 Å². The predicted molar refractivity (Wildman–Crippen MR) is 49.1 cm³/mol. The van der Waals surface area contributed by atoms with E-state index >= 15 is 0 Å². The van der Waals surface area contributed by atoms with Gasteiger partial charge >= 0.3 is 0 Å². The second kappa shape index (κ2) is 3.12. The predicted octanol–water partition coefficient (Wildman–Crippen LogP) is 2.77. The molecule has 0 aliphatic carbocycles. The van der Waals surface area contributed by atoms with E-state index in [-0.39, 0.29) is 0 Å². The van der Waals surface area contributed by atoms with Crippen LogP contribution in [0.3, 0.4) is 0 Å². The van der Waals surface area contributed by atoms with E-state index in [4.69, 9.17) is 0 Å². The summed E-state index contributed by atoms with van der Waals surface area (Å²) in [6.07, 6.45) is 4.53. The van der Waals surface area contributed by atoms with Crippen molar-refractivity contribution in [2.75, 3.05) is 7.05 Å². The summed E-state index contributed by atoms with van der Waals surface area (Å²) in [5, 5.41) is 0. The second-order valence-electron chi connectivity index (χ2n) is 3.67. The Labute approximate surface area is 69.4 Å². The maximum Gasteiger partial charge on any atom is 0.0109 e. The zero-order valence-electron chi connectivity index (χ0n) is 7.72. The molecule has 1 heterocycles. The first-order valence-electron chi connectivity index (χ1n) is 4.17. The van der Waals surface area contributed by atoms with Gasteiger partial charge in [-0.15, -0.1) is 0 Å². The quantitative estimate of drug-likeness (QED) is 0.514. The fraction of sp³-hybridized carbons (Fsp3) is 0.600. The minimum Gasteiger partial charge on any atom is -0.355 e. The van der Waals surface area contributed by atoms with E-state index in [1.165, 1.54) is 17.7 Å². The third kappa shape index (κ3) is 2.11. The molecule has 1 aliphatic rings. The van der Waals surface area contributed by atoms with Gasteiger partial charge in [-0.1, -0.05) is 19.1 Å². The van der Waals surface area contributed by atoms with Crippen LogP contribution in [-0.2, 0) is 0 Å². The number of hydrogen-bond donors (Lipinski definition) is 0. The van der Waals surface area contributed by atoms with Gasteiger partial charge in [-0.05, 0) is 25.7 Å². The van der Waals surface area contributed by atoms with E-state index in [0.717, 1.165) is 12.3 Å². The van der Waals surface area contributed by atoms with Crippen molar-refractivity contribution in [3.63, 3.8) is 0 Å². The molecule has 1 unspecified atom stereocenters. The Balaban J connectivity index is 2.75. The molecular weight excluding hydrogens is 134 g/mol. The summed E-state index contributed by atoms with van der Waals surface area (Å²) in [6.45, 7) is 8.49. The van der Waals surface area contributed by atoms with Crippen molar-refractivity contribution in [2.24, 2.45) is 5.92 Å². The lowest BCUT2D eigenvalue weighted by Crippen LogP contribution is -2.08. The van der Waals surface area contributed by atoms with Crippen molar-refractivity contribution in [1.82, 2.24) is 4.90 Å². The Morgan fingerprint density at radius 1 is 1.55 bits per heavy atom. The first-order chi connectivity index (χ1) is 5.09. The largest absolute Gasteiger partial charge is 0.355 e. The lowest BCUT2D eigenvalue weighted by molar-refractivity contribution is 0.499. The van der Waals surface area contributed by atoms with Crippen molar-refractivity contribution >= 4 is 0 Å². The molecule has 0 aromatic carbocycles. The summed E-state index contributed by atoms with van der Waals surface area (Å²) < 4.78 is 0. The van der Waals surface area contributed by atoms with E-state index in [9.17, 15) is 0 Å². The van der Waals surface area contributed by atoms with E-state index in [1.54, 1.807) is 0 Å². The first-order valence-corrected chi connectivity index (χ1v) is 4.17. The lowest BCUT2D eigenvalue weighted by atomic mass is 10.00. The van der Waals surface area contributed by atoms with E-state index in [0.29, 0.717) is 0 Å². The number of nitrogens with zero attached hydrogens (tertiary/aromatic N) is 1. The molecule has 0 radical (unpaired) electrons. The minimum absolute atomic E-state index is 0.753. The van der Waals surface area contributed by atoms with Crippen LogP contribution >= 0.6 is 0 Å². The van der Waals surface area contributed by atoms with Crippen LogP contribution < -0.4 is 0 Å². The molecule has 62 valence electrons. The van der Waals surface area contributed by atoms with Gasteiger partial charge in [0.1, 0.15) is 0 Å². The highest BCUT2D eigenvalue weighted by atomic mass is 15.1. The van der Waals surface area contributed by atoms with Crippen LogP contribution in [0.4, 0.5) is 0 Å². The van der Waals surface area contributed by atoms with Crippen molar-refractivity contribution in [3.8, 4) is 0 Å². The summed E-state index contributed by atoms with van der Waals surface area (Å²) in [4.78, 5) is 2.14. The molecule has 1 rings (SSSR count). The maximum atomic E-state index is 4.02. The molecule has 0 N–H and O–H groups in total. The third-order valence-electron chi connectivity index (χ3n) is 2.17. The molecule has 1 nitrogen and oxygen atoms in total. The molecule has 0 amide bonds. The highest BCUT2D eigenvalue weighted by Gasteiger charge is 2.11. The van der Waals surface area contributed by atoms with Crippen molar-refractivity contribution < 1.29 is 0 Å². The molecule has 11 heavy (non-hydrogen) atoms. The average Bonchev–Trinajstić information content (AvgIpc) is 1.93. The molecular formula is C10H17N. The van der Waals surface area contributed by atoms with Crippen molar-refractivity contribution in [2.45, 2.75) is 26.7 Å². The molecule has 0 aromatic rings.